The molecular weight excluding hydrogens is 296 g/mol. The molecule has 0 aliphatic carbocycles. The third kappa shape index (κ3) is 2.30. The van der Waals surface area contributed by atoms with E-state index in [9.17, 15) is 4.79 Å². The summed E-state index contributed by atoms with van der Waals surface area (Å²) >= 11 is 4.58. The predicted octanol–water partition coefficient (Wildman–Crippen LogP) is 2.56. The Morgan fingerprint density at radius 2 is 2.44 bits per heavy atom. The summed E-state index contributed by atoms with van der Waals surface area (Å²) in [4.78, 5) is 12.1. The van der Waals surface area contributed by atoms with Crippen molar-refractivity contribution in [1.82, 2.24) is 10.3 Å². The smallest absolute Gasteiger partial charge is 0.349 e. The maximum atomic E-state index is 11.6. The number of carbonyl (C=O) groups is 1. The van der Waals surface area contributed by atoms with Crippen LogP contribution in [0.3, 0.4) is 0 Å². The van der Waals surface area contributed by atoms with Crippen molar-refractivity contribution in [3.8, 4) is 0 Å². The minimum atomic E-state index is -0.385. The van der Waals surface area contributed by atoms with Crippen molar-refractivity contribution in [2.45, 2.75) is 13.5 Å². The lowest BCUT2D eigenvalue weighted by Gasteiger charge is -2.00. The molecule has 5 nitrogen and oxygen atoms in total. The maximum Gasteiger partial charge on any atom is 0.349 e. The molecule has 0 N–H and O–H groups in total. The lowest BCUT2D eigenvalue weighted by Crippen LogP contribution is -2.04. The summed E-state index contributed by atoms with van der Waals surface area (Å²) in [7, 11) is 0. The van der Waals surface area contributed by atoms with E-state index in [0.29, 0.717) is 16.3 Å². The number of aryl methyl sites for hydroxylation is 1. The van der Waals surface area contributed by atoms with Crippen LogP contribution in [0.1, 0.15) is 21.1 Å². The SMILES string of the molecule is Cc1nonc1COC(=O)c1sccc1Br. The van der Waals surface area contributed by atoms with Crippen LogP contribution in [0.15, 0.2) is 20.5 Å². The number of carbonyl (C=O) groups excluding carboxylic acids is 1. The molecule has 0 radical (unpaired) electrons. The highest BCUT2D eigenvalue weighted by molar-refractivity contribution is 9.10. The number of rotatable bonds is 3. The summed E-state index contributed by atoms with van der Waals surface area (Å²) < 4.78 is 10.3. The van der Waals surface area contributed by atoms with E-state index in [1.165, 1.54) is 11.3 Å². The minimum Gasteiger partial charge on any atom is -0.455 e. The Labute approximate surface area is 104 Å². The van der Waals surface area contributed by atoms with Crippen molar-refractivity contribution < 1.29 is 14.2 Å². The third-order valence-corrected chi connectivity index (χ3v) is 3.71. The normalized spacial score (nSPS) is 10.4. The van der Waals surface area contributed by atoms with E-state index < -0.39 is 0 Å². The van der Waals surface area contributed by atoms with Gasteiger partial charge in [0.15, 0.2) is 0 Å². The second-order valence-electron chi connectivity index (χ2n) is 2.97. The number of thiophene rings is 1. The molecule has 7 heteroatoms. The fourth-order valence-corrected chi connectivity index (χ4v) is 2.44. The summed E-state index contributed by atoms with van der Waals surface area (Å²) in [6.07, 6.45) is 0. The van der Waals surface area contributed by atoms with Gasteiger partial charge in [-0.05, 0) is 34.3 Å². The number of hydrogen-bond acceptors (Lipinski definition) is 6. The van der Waals surface area contributed by atoms with Gasteiger partial charge in [-0.3, -0.25) is 0 Å². The van der Waals surface area contributed by atoms with E-state index in [1.54, 1.807) is 13.0 Å². The largest absolute Gasteiger partial charge is 0.455 e. The highest BCUT2D eigenvalue weighted by atomic mass is 79.9. The number of hydrogen-bond donors (Lipinski definition) is 0. The van der Waals surface area contributed by atoms with Crippen molar-refractivity contribution >= 4 is 33.2 Å². The first kappa shape index (κ1) is 11.3. The fraction of sp³-hybridized carbons (Fsp3) is 0.222. The molecule has 0 bridgehead atoms. The molecule has 2 aromatic heterocycles. The van der Waals surface area contributed by atoms with E-state index in [4.69, 9.17) is 4.74 Å². The number of aromatic nitrogens is 2. The third-order valence-electron chi connectivity index (χ3n) is 1.89. The lowest BCUT2D eigenvalue weighted by molar-refractivity contribution is 0.0468. The average Bonchev–Trinajstić information content (AvgIpc) is 2.84. The monoisotopic (exact) mass is 302 g/mol. The van der Waals surface area contributed by atoms with Gasteiger partial charge in [0.25, 0.3) is 0 Å². The molecule has 2 rings (SSSR count). The topological polar surface area (TPSA) is 65.2 Å². The molecule has 84 valence electrons. The van der Waals surface area contributed by atoms with Crippen molar-refractivity contribution in [3.63, 3.8) is 0 Å². The Hall–Kier alpha value is -1.21. The van der Waals surface area contributed by atoms with Crippen LogP contribution in [0.5, 0.6) is 0 Å². The van der Waals surface area contributed by atoms with Crippen molar-refractivity contribution in [1.29, 1.82) is 0 Å². The fourth-order valence-electron chi connectivity index (χ4n) is 1.02. The van der Waals surface area contributed by atoms with E-state index in [1.807, 2.05) is 5.38 Å². The van der Waals surface area contributed by atoms with Crippen LogP contribution in [0.4, 0.5) is 0 Å². The van der Waals surface area contributed by atoms with Gasteiger partial charge >= 0.3 is 5.97 Å². The molecule has 0 saturated heterocycles. The number of esters is 1. The van der Waals surface area contributed by atoms with Gasteiger partial charge in [-0.2, -0.15) is 0 Å². The van der Waals surface area contributed by atoms with Gasteiger partial charge in [0, 0.05) is 4.47 Å². The minimum absolute atomic E-state index is 0.0680. The molecule has 0 unspecified atom stereocenters. The molecule has 0 aromatic carbocycles. The maximum absolute atomic E-state index is 11.6. The molecule has 2 heterocycles. The van der Waals surface area contributed by atoms with Gasteiger partial charge < -0.3 is 4.74 Å². The van der Waals surface area contributed by atoms with Crippen LogP contribution in [0.2, 0.25) is 0 Å². The quantitative estimate of drug-likeness (QED) is 0.815. The van der Waals surface area contributed by atoms with Gasteiger partial charge in [0.05, 0.1) is 0 Å². The molecule has 2 aromatic rings. The zero-order valence-corrected chi connectivity index (χ0v) is 10.7. The van der Waals surface area contributed by atoms with E-state index >= 15 is 0 Å². The Kier molecular flexibility index (Phi) is 3.35. The molecule has 0 aliphatic heterocycles. The van der Waals surface area contributed by atoms with Crippen LogP contribution in [-0.4, -0.2) is 16.3 Å². The predicted molar refractivity (Wildman–Crippen MR) is 60.2 cm³/mol. The van der Waals surface area contributed by atoms with E-state index in [0.717, 1.165) is 4.47 Å². The van der Waals surface area contributed by atoms with Crippen LogP contribution >= 0.6 is 27.3 Å². The Morgan fingerprint density at radius 3 is 3.00 bits per heavy atom. The van der Waals surface area contributed by atoms with Crippen LogP contribution in [0, 0.1) is 6.92 Å². The Balaban J connectivity index is 1.99. The number of ether oxygens (including phenoxy) is 1. The number of nitrogens with zero attached hydrogens (tertiary/aromatic N) is 2. The molecule has 0 saturated carbocycles. The average molecular weight is 303 g/mol. The Bertz CT molecular complexity index is 508. The van der Waals surface area contributed by atoms with Crippen LogP contribution in [0.25, 0.3) is 0 Å². The molecule has 0 amide bonds. The first-order valence-corrected chi connectivity index (χ1v) is 6.04. The summed E-state index contributed by atoms with van der Waals surface area (Å²) in [6.45, 7) is 1.80. The second kappa shape index (κ2) is 4.75. The summed E-state index contributed by atoms with van der Waals surface area (Å²) in [5, 5.41) is 9.02. The first-order chi connectivity index (χ1) is 7.68. The summed E-state index contributed by atoms with van der Waals surface area (Å²) in [6, 6.07) is 1.80. The lowest BCUT2D eigenvalue weighted by atomic mass is 10.4. The van der Waals surface area contributed by atoms with Crippen molar-refractivity contribution in [2.75, 3.05) is 0 Å². The summed E-state index contributed by atoms with van der Waals surface area (Å²) in [5.74, 6) is -0.385. The molecule has 0 fully saturated rings. The van der Waals surface area contributed by atoms with Crippen LogP contribution < -0.4 is 0 Å². The van der Waals surface area contributed by atoms with Crippen molar-refractivity contribution in [2.24, 2.45) is 0 Å². The zero-order valence-electron chi connectivity index (χ0n) is 8.27. The molecule has 0 spiro atoms. The van der Waals surface area contributed by atoms with Gasteiger partial charge in [-0.25, -0.2) is 9.42 Å². The summed E-state index contributed by atoms with van der Waals surface area (Å²) in [5.41, 5.74) is 1.15. The zero-order chi connectivity index (χ0) is 11.5. The number of halogens is 1. The second-order valence-corrected chi connectivity index (χ2v) is 4.74. The first-order valence-electron chi connectivity index (χ1n) is 4.36. The molecule has 0 aliphatic rings. The Morgan fingerprint density at radius 1 is 1.62 bits per heavy atom. The highest BCUT2D eigenvalue weighted by Crippen LogP contribution is 2.23. The van der Waals surface area contributed by atoms with Gasteiger partial charge in [0.1, 0.15) is 22.9 Å². The molecule has 16 heavy (non-hydrogen) atoms. The molecular formula is C9H7BrN2O3S. The van der Waals surface area contributed by atoms with Gasteiger partial charge in [0.2, 0.25) is 0 Å². The van der Waals surface area contributed by atoms with E-state index in [-0.39, 0.29) is 12.6 Å². The van der Waals surface area contributed by atoms with Gasteiger partial charge in [-0.1, -0.05) is 10.3 Å². The van der Waals surface area contributed by atoms with E-state index in [2.05, 4.69) is 30.9 Å². The van der Waals surface area contributed by atoms with Crippen molar-refractivity contribution in [3.05, 3.63) is 32.2 Å². The van der Waals surface area contributed by atoms with Crippen LogP contribution in [-0.2, 0) is 11.3 Å². The standard InChI is InChI=1S/C9H7BrN2O3S/c1-5-7(12-15-11-5)4-14-9(13)8-6(10)2-3-16-8/h2-3H,4H2,1H3. The highest BCUT2D eigenvalue weighted by Gasteiger charge is 2.14. The molecule has 0 atom stereocenters. The van der Waals surface area contributed by atoms with Gasteiger partial charge in [-0.15, -0.1) is 11.3 Å².